The molecule has 3 aromatic rings. The molecule has 2 aromatic heterocycles. The highest BCUT2D eigenvalue weighted by atomic mass is 16.3. The van der Waals surface area contributed by atoms with E-state index >= 15 is 0 Å². The predicted molar refractivity (Wildman–Crippen MR) is 91.5 cm³/mol. The zero-order valence-electron chi connectivity index (χ0n) is 13.9. The second-order valence-corrected chi connectivity index (χ2v) is 6.34. The van der Waals surface area contributed by atoms with E-state index in [0.717, 1.165) is 24.1 Å². The van der Waals surface area contributed by atoms with Crippen molar-refractivity contribution in [2.45, 2.75) is 25.7 Å². The fourth-order valence-corrected chi connectivity index (χ4v) is 3.37. The Kier molecular flexibility index (Phi) is 3.83. The van der Waals surface area contributed by atoms with E-state index in [0.29, 0.717) is 30.1 Å². The molecule has 7 nitrogen and oxygen atoms in total. The summed E-state index contributed by atoms with van der Waals surface area (Å²) in [6, 6.07) is 6.84. The Hall–Kier alpha value is -2.96. The smallest absolute Gasteiger partial charge is 0.254 e. The highest BCUT2D eigenvalue weighted by Crippen LogP contribution is 2.26. The lowest BCUT2D eigenvalue weighted by molar-refractivity contribution is 0.0706. The Morgan fingerprint density at radius 3 is 3.08 bits per heavy atom. The fraction of sp³-hybridized carbons (Fsp3) is 0.333. The molecule has 0 saturated carbocycles. The number of aromatic nitrogens is 3. The lowest BCUT2D eigenvalue weighted by Crippen LogP contribution is -2.39. The van der Waals surface area contributed by atoms with E-state index in [-0.39, 0.29) is 17.4 Å². The molecule has 1 aliphatic rings. The number of piperidine rings is 1. The van der Waals surface area contributed by atoms with E-state index in [1.54, 1.807) is 25.1 Å². The van der Waals surface area contributed by atoms with Crippen LogP contribution in [0, 0.1) is 6.92 Å². The van der Waals surface area contributed by atoms with Gasteiger partial charge in [-0.3, -0.25) is 9.59 Å². The van der Waals surface area contributed by atoms with Gasteiger partial charge in [0.15, 0.2) is 11.5 Å². The molecule has 1 amide bonds. The third kappa shape index (κ3) is 3.05. The van der Waals surface area contributed by atoms with Crippen LogP contribution in [0.5, 0.6) is 0 Å². The number of aryl methyl sites for hydroxylation is 1. The number of nitrogens with zero attached hydrogens (tertiary/aromatic N) is 3. The van der Waals surface area contributed by atoms with Crippen LogP contribution in [0.2, 0.25) is 0 Å². The van der Waals surface area contributed by atoms with Crippen molar-refractivity contribution < 1.29 is 9.21 Å². The molecule has 128 valence electrons. The molecule has 1 aliphatic heterocycles. The van der Waals surface area contributed by atoms with Crippen LogP contribution in [0.1, 0.15) is 40.7 Å². The topological polar surface area (TPSA) is 92.1 Å². The molecule has 0 aliphatic carbocycles. The SMILES string of the molecule is Cc1nc2ccc(C(=O)N3CCCC(c4cc(=O)[nH]cn4)C3)cc2o1. The molecule has 0 spiro atoms. The third-order valence-corrected chi connectivity index (χ3v) is 4.57. The minimum atomic E-state index is -0.167. The number of carbonyl (C=O) groups is 1. The summed E-state index contributed by atoms with van der Waals surface area (Å²) < 4.78 is 5.52. The van der Waals surface area contributed by atoms with Crippen molar-refractivity contribution in [1.82, 2.24) is 19.9 Å². The first-order valence-electron chi connectivity index (χ1n) is 8.31. The zero-order valence-corrected chi connectivity index (χ0v) is 13.9. The maximum Gasteiger partial charge on any atom is 0.254 e. The number of hydrogen-bond acceptors (Lipinski definition) is 5. The van der Waals surface area contributed by atoms with Gasteiger partial charge in [-0.05, 0) is 31.0 Å². The minimum absolute atomic E-state index is 0.0366. The van der Waals surface area contributed by atoms with Crippen molar-refractivity contribution in [2.75, 3.05) is 13.1 Å². The van der Waals surface area contributed by atoms with Crippen molar-refractivity contribution in [1.29, 1.82) is 0 Å². The maximum atomic E-state index is 12.9. The van der Waals surface area contributed by atoms with Crippen LogP contribution < -0.4 is 5.56 Å². The van der Waals surface area contributed by atoms with E-state index in [1.807, 2.05) is 4.90 Å². The van der Waals surface area contributed by atoms with Crippen LogP contribution in [0.25, 0.3) is 11.1 Å². The van der Waals surface area contributed by atoms with Gasteiger partial charge in [-0.25, -0.2) is 9.97 Å². The second kappa shape index (κ2) is 6.16. The van der Waals surface area contributed by atoms with Gasteiger partial charge in [0.1, 0.15) is 5.52 Å². The normalized spacial score (nSPS) is 17.8. The standard InChI is InChI=1S/C18H18N4O3/c1-11-21-14-5-4-12(7-16(14)25-11)18(24)22-6-2-3-13(9-22)15-8-17(23)20-10-19-15/h4-5,7-8,10,13H,2-3,6,9H2,1H3,(H,19,20,23). The molecule has 0 radical (unpaired) electrons. The molecule has 25 heavy (non-hydrogen) atoms. The molecule has 1 saturated heterocycles. The Morgan fingerprint density at radius 1 is 1.36 bits per heavy atom. The number of benzene rings is 1. The Labute approximate surface area is 143 Å². The molecule has 4 rings (SSSR count). The van der Waals surface area contributed by atoms with Gasteiger partial charge in [-0.15, -0.1) is 0 Å². The molecule has 3 heterocycles. The number of carbonyl (C=O) groups excluding carboxylic acids is 1. The van der Waals surface area contributed by atoms with Gasteiger partial charge in [-0.2, -0.15) is 0 Å². The summed E-state index contributed by atoms with van der Waals surface area (Å²) >= 11 is 0. The lowest BCUT2D eigenvalue weighted by Gasteiger charge is -2.32. The van der Waals surface area contributed by atoms with Crippen molar-refractivity contribution in [3.63, 3.8) is 0 Å². The van der Waals surface area contributed by atoms with Crippen LogP contribution >= 0.6 is 0 Å². The summed E-state index contributed by atoms with van der Waals surface area (Å²) in [5.74, 6) is 0.625. The predicted octanol–water partition coefficient (Wildman–Crippen LogP) is 2.24. The van der Waals surface area contributed by atoms with Gasteiger partial charge in [0, 0.05) is 37.6 Å². The van der Waals surface area contributed by atoms with E-state index in [9.17, 15) is 9.59 Å². The maximum absolute atomic E-state index is 12.9. The van der Waals surface area contributed by atoms with Crippen molar-refractivity contribution >= 4 is 17.0 Å². The molecule has 1 unspecified atom stereocenters. The molecule has 7 heteroatoms. The number of fused-ring (bicyclic) bond motifs is 1. The lowest BCUT2D eigenvalue weighted by atomic mass is 9.94. The average molecular weight is 338 g/mol. The van der Waals surface area contributed by atoms with E-state index in [1.165, 1.54) is 12.4 Å². The average Bonchev–Trinajstić information content (AvgIpc) is 3.00. The summed E-state index contributed by atoms with van der Waals surface area (Å²) in [4.78, 5) is 37.2. The Morgan fingerprint density at radius 2 is 2.24 bits per heavy atom. The van der Waals surface area contributed by atoms with Crippen molar-refractivity contribution in [3.8, 4) is 0 Å². The van der Waals surface area contributed by atoms with Gasteiger partial charge in [0.2, 0.25) is 0 Å². The van der Waals surface area contributed by atoms with Crippen LogP contribution in [-0.4, -0.2) is 38.8 Å². The largest absolute Gasteiger partial charge is 0.441 e. The number of oxazole rings is 1. The van der Waals surface area contributed by atoms with Gasteiger partial charge in [-0.1, -0.05) is 0 Å². The zero-order chi connectivity index (χ0) is 17.4. The fourth-order valence-electron chi connectivity index (χ4n) is 3.37. The van der Waals surface area contributed by atoms with Crippen molar-refractivity contribution in [2.24, 2.45) is 0 Å². The van der Waals surface area contributed by atoms with E-state index in [2.05, 4.69) is 15.0 Å². The van der Waals surface area contributed by atoms with Gasteiger partial charge >= 0.3 is 0 Å². The highest BCUT2D eigenvalue weighted by molar-refractivity contribution is 5.97. The number of amides is 1. The van der Waals surface area contributed by atoms with Gasteiger partial charge < -0.3 is 14.3 Å². The van der Waals surface area contributed by atoms with Crippen LogP contribution in [-0.2, 0) is 0 Å². The molecule has 1 atom stereocenters. The molecule has 1 aromatic carbocycles. The number of aromatic amines is 1. The summed E-state index contributed by atoms with van der Waals surface area (Å²) in [7, 11) is 0. The molecule has 1 N–H and O–H groups in total. The number of H-pyrrole nitrogens is 1. The first-order chi connectivity index (χ1) is 12.1. The summed E-state index contributed by atoms with van der Waals surface area (Å²) in [6.07, 6.45) is 3.22. The first kappa shape index (κ1) is 15.6. The summed E-state index contributed by atoms with van der Waals surface area (Å²) in [5.41, 5.74) is 2.52. The third-order valence-electron chi connectivity index (χ3n) is 4.57. The second-order valence-electron chi connectivity index (χ2n) is 6.34. The number of likely N-dealkylation sites (tertiary alicyclic amines) is 1. The highest BCUT2D eigenvalue weighted by Gasteiger charge is 2.26. The number of rotatable bonds is 2. The van der Waals surface area contributed by atoms with Crippen LogP contribution in [0.4, 0.5) is 0 Å². The molecular weight excluding hydrogens is 320 g/mol. The van der Waals surface area contributed by atoms with Crippen molar-refractivity contribution in [3.05, 3.63) is 58.1 Å². The van der Waals surface area contributed by atoms with Gasteiger partial charge in [0.25, 0.3) is 11.5 Å². The van der Waals surface area contributed by atoms with E-state index in [4.69, 9.17) is 4.42 Å². The Bertz CT molecular complexity index is 991. The number of hydrogen-bond donors (Lipinski definition) is 1. The first-order valence-corrected chi connectivity index (χ1v) is 8.31. The minimum Gasteiger partial charge on any atom is -0.441 e. The van der Waals surface area contributed by atoms with Crippen LogP contribution in [0.15, 0.2) is 39.8 Å². The monoisotopic (exact) mass is 338 g/mol. The summed E-state index contributed by atoms with van der Waals surface area (Å²) in [6.45, 7) is 3.04. The van der Waals surface area contributed by atoms with Gasteiger partial charge in [0.05, 0.1) is 12.0 Å². The van der Waals surface area contributed by atoms with E-state index < -0.39 is 0 Å². The number of nitrogens with one attached hydrogen (secondary N) is 1. The summed E-state index contributed by atoms with van der Waals surface area (Å²) in [5, 5.41) is 0. The van der Waals surface area contributed by atoms with Crippen LogP contribution in [0.3, 0.4) is 0 Å². The molecule has 0 bridgehead atoms. The Balaban J connectivity index is 1.57. The molecule has 1 fully saturated rings. The quantitative estimate of drug-likeness (QED) is 0.773. The molecular formula is C18H18N4O3.